The summed E-state index contributed by atoms with van der Waals surface area (Å²) in [5.74, 6) is -2.21. The predicted molar refractivity (Wildman–Crippen MR) is 213 cm³/mol. The van der Waals surface area contributed by atoms with Crippen molar-refractivity contribution in [1.82, 2.24) is 25.3 Å². The third kappa shape index (κ3) is 14.7. The number of ketones is 1. The average molecular weight is 794 g/mol. The van der Waals surface area contributed by atoms with Crippen molar-refractivity contribution in [3.05, 3.63) is 12.2 Å². The molecule has 0 aliphatic carbocycles. The van der Waals surface area contributed by atoms with Gasteiger partial charge in [0.2, 0.25) is 17.7 Å². The molecule has 0 aromatic heterocycles. The van der Waals surface area contributed by atoms with Crippen LogP contribution in [0.15, 0.2) is 12.2 Å². The molecule has 2 heterocycles. The number of carboxylic acid groups (broad SMARTS) is 1. The molecule has 0 bridgehead atoms. The predicted octanol–water partition coefficient (Wildman–Crippen LogP) is 3.44. The molecule has 5 amide bonds. The SMILES string of the molecule is CC[C@H](C)C([C@@H](CC(=O)N1CCC[C@H]1[C@H](OC)[C@@H](C)C(C)=O)OC)N(C)C(=O)[C@@H](NC(=O)[C@@H](NC)C(C)C)C(C)C.O=C(O)CCCCCN1C(=O)C=CC1=O. The maximum absolute atomic E-state index is 13.9. The number of carboxylic acids is 1. The second kappa shape index (κ2) is 24.8. The monoisotopic (exact) mass is 794 g/mol. The van der Waals surface area contributed by atoms with E-state index in [9.17, 15) is 33.6 Å². The molecule has 2 aliphatic heterocycles. The number of amides is 5. The van der Waals surface area contributed by atoms with Crippen molar-refractivity contribution >= 4 is 41.3 Å². The molecule has 8 atom stereocenters. The number of carbonyl (C=O) groups is 7. The number of nitrogens with one attached hydrogen (secondary N) is 2. The summed E-state index contributed by atoms with van der Waals surface area (Å²) in [6, 6.07) is -1.72. The van der Waals surface area contributed by atoms with E-state index >= 15 is 0 Å². The molecule has 1 fully saturated rings. The number of Topliss-reactive ketones (excluding diaryl/α,β-unsaturated/α-hetero) is 1. The van der Waals surface area contributed by atoms with E-state index in [2.05, 4.69) is 24.5 Å². The Balaban J connectivity index is 0.000000868. The first-order valence-electron chi connectivity index (χ1n) is 20.1. The van der Waals surface area contributed by atoms with Crippen LogP contribution in [0, 0.1) is 23.7 Å². The Hall–Kier alpha value is -3.69. The summed E-state index contributed by atoms with van der Waals surface area (Å²) in [4.78, 5) is 89.9. The van der Waals surface area contributed by atoms with E-state index in [4.69, 9.17) is 14.6 Å². The Morgan fingerprint density at radius 3 is 1.98 bits per heavy atom. The lowest BCUT2D eigenvalue weighted by Crippen LogP contribution is -2.59. The number of carbonyl (C=O) groups excluding carboxylic acids is 6. The smallest absolute Gasteiger partial charge is 0.303 e. The zero-order valence-corrected chi connectivity index (χ0v) is 36.0. The molecule has 2 aliphatic rings. The van der Waals surface area contributed by atoms with E-state index in [-0.39, 0.29) is 90.0 Å². The number of rotatable bonds is 23. The molecule has 15 nitrogen and oxygen atoms in total. The minimum absolute atomic E-state index is 0.0316. The first-order chi connectivity index (χ1) is 26.3. The van der Waals surface area contributed by atoms with Gasteiger partial charge in [-0.05, 0) is 57.4 Å². The molecule has 0 aromatic rings. The maximum Gasteiger partial charge on any atom is 0.303 e. The molecule has 0 aromatic carbocycles. The Bertz CT molecular complexity index is 1340. The molecular weight excluding hydrogens is 722 g/mol. The fraction of sp³-hybridized carbons (Fsp3) is 0.780. The van der Waals surface area contributed by atoms with Gasteiger partial charge in [0.15, 0.2) is 0 Å². The van der Waals surface area contributed by atoms with Crippen LogP contribution in [0.4, 0.5) is 0 Å². The number of nitrogens with zero attached hydrogens (tertiary/aromatic N) is 3. The van der Waals surface area contributed by atoms with Gasteiger partial charge in [0.25, 0.3) is 11.8 Å². The first-order valence-corrected chi connectivity index (χ1v) is 20.1. The number of methoxy groups -OCH3 is 2. The van der Waals surface area contributed by atoms with E-state index < -0.39 is 24.2 Å². The molecule has 56 heavy (non-hydrogen) atoms. The van der Waals surface area contributed by atoms with Gasteiger partial charge in [0.05, 0.1) is 36.8 Å². The summed E-state index contributed by atoms with van der Waals surface area (Å²) in [5.41, 5.74) is 0. The standard InChI is InChI=1S/C31H58N4O6.C10H13NO4/c1-13-20(6)28(34(10)31(39)27(19(4)5)33-30(38)26(32-9)18(2)3)24(40-11)17-25(37)35-16-14-15-23(35)29(41-12)21(7)22(8)36;12-8-5-6-9(13)11(8)7-3-1-2-4-10(14)15/h18-21,23-24,26-29,32H,13-17H2,1-12H3,(H,33,38);5-6H,1-4,7H2,(H,14,15)/t20-,21-,23-,24+,26-,27-,28?,29+;/m0./s1. The van der Waals surface area contributed by atoms with Crippen LogP contribution in [0.25, 0.3) is 0 Å². The number of hydrogen-bond acceptors (Lipinski definition) is 10. The first kappa shape index (κ1) is 50.3. The van der Waals surface area contributed by atoms with Gasteiger partial charge in [-0.15, -0.1) is 0 Å². The molecule has 2 rings (SSSR count). The van der Waals surface area contributed by atoms with Crippen LogP contribution in [0.1, 0.15) is 107 Å². The molecule has 0 spiro atoms. The molecule has 320 valence electrons. The zero-order valence-electron chi connectivity index (χ0n) is 36.0. The zero-order chi connectivity index (χ0) is 42.9. The number of ether oxygens (including phenoxy) is 2. The van der Waals surface area contributed by atoms with Crippen molar-refractivity contribution < 1.29 is 48.1 Å². The van der Waals surface area contributed by atoms with Crippen molar-refractivity contribution in [2.75, 3.05) is 41.4 Å². The third-order valence-electron chi connectivity index (χ3n) is 11.1. The van der Waals surface area contributed by atoms with E-state index in [1.165, 1.54) is 17.1 Å². The summed E-state index contributed by atoms with van der Waals surface area (Å²) in [7, 11) is 6.64. The lowest BCUT2D eigenvalue weighted by Gasteiger charge is -2.41. The average Bonchev–Trinajstić information content (AvgIpc) is 3.75. The van der Waals surface area contributed by atoms with Gasteiger partial charge in [0, 0.05) is 58.8 Å². The summed E-state index contributed by atoms with van der Waals surface area (Å²) < 4.78 is 11.7. The van der Waals surface area contributed by atoms with E-state index in [1.54, 1.807) is 40.1 Å². The fourth-order valence-electron chi connectivity index (χ4n) is 7.51. The van der Waals surface area contributed by atoms with Crippen LogP contribution in [-0.4, -0.2) is 139 Å². The van der Waals surface area contributed by atoms with E-state index in [0.717, 1.165) is 19.3 Å². The molecule has 1 saturated heterocycles. The van der Waals surface area contributed by atoms with E-state index in [0.29, 0.717) is 32.4 Å². The normalized spacial score (nSPS) is 19.2. The Morgan fingerprint density at radius 2 is 1.52 bits per heavy atom. The van der Waals surface area contributed by atoms with Gasteiger partial charge >= 0.3 is 5.97 Å². The number of hydrogen-bond donors (Lipinski definition) is 3. The number of imide groups is 1. The van der Waals surface area contributed by atoms with Crippen molar-refractivity contribution in [2.45, 2.75) is 143 Å². The summed E-state index contributed by atoms with van der Waals surface area (Å²) in [6.07, 6.45) is 6.14. The number of aliphatic carboxylic acids is 1. The van der Waals surface area contributed by atoms with Gasteiger partial charge in [0.1, 0.15) is 11.8 Å². The third-order valence-corrected chi connectivity index (χ3v) is 11.1. The highest BCUT2D eigenvalue weighted by atomic mass is 16.5. The molecule has 15 heteroatoms. The molecule has 1 unspecified atom stereocenters. The fourth-order valence-corrected chi connectivity index (χ4v) is 7.51. The van der Waals surface area contributed by atoms with Gasteiger partial charge in [-0.2, -0.15) is 0 Å². The van der Waals surface area contributed by atoms with Crippen molar-refractivity contribution in [3.8, 4) is 0 Å². The summed E-state index contributed by atoms with van der Waals surface area (Å²) in [6.45, 7) is 16.2. The highest BCUT2D eigenvalue weighted by molar-refractivity contribution is 6.12. The molecule has 3 N–H and O–H groups in total. The summed E-state index contributed by atoms with van der Waals surface area (Å²) in [5, 5.41) is 14.4. The Labute approximate surface area is 334 Å². The number of unbranched alkanes of at least 4 members (excludes halogenated alkanes) is 2. The van der Waals surface area contributed by atoms with Crippen LogP contribution in [0.3, 0.4) is 0 Å². The lowest BCUT2D eigenvalue weighted by atomic mass is 9.89. The quantitative estimate of drug-likeness (QED) is 0.101. The second-order valence-corrected chi connectivity index (χ2v) is 15.8. The topological polar surface area (TPSA) is 192 Å². The van der Waals surface area contributed by atoms with Crippen molar-refractivity contribution in [1.29, 1.82) is 0 Å². The Morgan fingerprint density at radius 1 is 0.929 bits per heavy atom. The second-order valence-electron chi connectivity index (χ2n) is 15.8. The molecular formula is C41H71N5O10. The van der Waals surface area contributed by atoms with Gasteiger partial charge in [-0.3, -0.25) is 38.5 Å². The van der Waals surface area contributed by atoms with Crippen molar-refractivity contribution in [2.24, 2.45) is 23.7 Å². The summed E-state index contributed by atoms with van der Waals surface area (Å²) >= 11 is 0. The van der Waals surface area contributed by atoms with E-state index in [1.807, 2.05) is 39.5 Å². The minimum atomic E-state index is -0.815. The highest BCUT2D eigenvalue weighted by Gasteiger charge is 2.42. The maximum atomic E-state index is 13.9. The lowest BCUT2D eigenvalue weighted by molar-refractivity contribution is -0.147. The number of likely N-dealkylation sites (tertiary alicyclic amines) is 1. The van der Waals surface area contributed by atoms with Gasteiger partial charge in [-0.1, -0.05) is 61.3 Å². The van der Waals surface area contributed by atoms with Gasteiger partial charge in [-0.25, -0.2) is 0 Å². The highest BCUT2D eigenvalue weighted by Crippen LogP contribution is 2.29. The molecule has 0 radical (unpaired) electrons. The van der Waals surface area contributed by atoms with Crippen molar-refractivity contribution in [3.63, 3.8) is 0 Å². The van der Waals surface area contributed by atoms with Crippen LogP contribution >= 0.6 is 0 Å². The Kier molecular flexibility index (Phi) is 22.3. The van der Waals surface area contributed by atoms with Crippen LogP contribution < -0.4 is 10.6 Å². The van der Waals surface area contributed by atoms with Gasteiger partial charge < -0.3 is 35.0 Å². The largest absolute Gasteiger partial charge is 0.481 e. The molecule has 0 saturated carbocycles. The minimum Gasteiger partial charge on any atom is -0.481 e. The van der Waals surface area contributed by atoms with Crippen LogP contribution in [0.5, 0.6) is 0 Å². The van der Waals surface area contributed by atoms with Crippen LogP contribution in [-0.2, 0) is 43.0 Å². The van der Waals surface area contributed by atoms with Crippen LogP contribution in [0.2, 0.25) is 0 Å². The number of likely N-dealkylation sites (N-methyl/N-ethyl adjacent to an activating group) is 2.